The Morgan fingerprint density at radius 1 is 0.963 bits per heavy atom. The number of alkyl halides is 3. The van der Waals surface area contributed by atoms with Crippen molar-refractivity contribution in [2.75, 3.05) is 0 Å². The van der Waals surface area contributed by atoms with Gasteiger partial charge in [0.2, 0.25) is 0 Å². The summed E-state index contributed by atoms with van der Waals surface area (Å²) in [6.07, 6.45) is -0.125. The number of rotatable bonds is 3. The van der Waals surface area contributed by atoms with Crippen LogP contribution in [-0.4, -0.2) is 10.5 Å². The number of halogens is 5. The fourth-order valence-electron chi connectivity index (χ4n) is 2.16. The minimum absolute atomic E-state index is 0.602. The Bertz CT molecular complexity index is 904. The SMILES string of the molecule is Cn1ccn(-c2ccccc2)[c]1=[Pt].FC(F)(F)c1ccc(CN(I)I)cc1. The Kier molecular flexibility index (Phi) is 8.76. The van der Waals surface area contributed by atoms with E-state index in [9.17, 15) is 13.2 Å². The van der Waals surface area contributed by atoms with Gasteiger partial charge in [-0.3, -0.25) is 0 Å². The van der Waals surface area contributed by atoms with Crippen molar-refractivity contribution in [1.82, 2.24) is 10.5 Å². The van der Waals surface area contributed by atoms with Gasteiger partial charge in [-0.15, -0.1) is 0 Å². The molecule has 1 aromatic heterocycles. The molecule has 0 aliphatic carbocycles. The van der Waals surface area contributed by atoms with Gasteiger partial charge in [0.25, 0.3) is 0 Å². The van der Waals surface area contributed by atoms with Crippen molar-refractivity contribution in [2.45, 2.75) is 12.7 Å². The maximum atomic E-state index is 12.2. The van der Waals surface area contributed by atoms with E-state index in [4.69, 9.17) is 0 Å². The predicted octanol–water partition coefficient (Wildman–Crippen LogP) is 6.10. The average molecular weight is 780 g/mol. The summed E-state index contributed by atoms with van der Waals surface area (Å²) in [6.45, 7) is 0.624. The zero-order chi connectivity index (χ0) is 20.0. The van der Waals surface area contributed by atoms with Crippen LogP contribution in [0.15, 0.2) is 67.0 Å². The quantitative estimate of drug-likeness (QED) is 0.232. The summed E-state index contributed by atoms with van der Waals surface area (Å²) in [4.78, 5) is 0. The zero-order valence-corrected chi connectivity index (χ0v) is 20.7. The molecule has 0 N–H and O–H groups in total. The number of nitrogens with zero attached hydrogens (tertiary/aromatic N) is 3. The molecule has 0 aliphatic rings. The van der Waals surface area contributed by atoms with Crippen LogP contribution in [0.4, 0.5) is 13.2 Å². The minimum atomic E-state index is -4.24. The Balaban J connectivity index is 0.000000194. The van der Waals surface area contributed by atoms with Crippen LogP contribution in [0.5, 0.6) is 0 Å². The molecule has 0 saturated carbocycles. The molecule has 0 radical (unpaired) electrons. The molecule has 3 nitrogen and oxygen atoms in total. The van der Waals surface area contributed by atoms with E-state index < -0.39 is 11.7 Å². The van der Waals surface area contributed by atoms with Gasteiger partial charge in [0.1, 0.15) is 0 Å². The van der Waals surface area contributed by atoms with Crippen LogP contribution in [0.1, 0.15) is 11.1 Å². The molecular formula is C18H16F3I2N3Pt. The summed E-state index contributed by atoms with van der Waals surface area (Å²) in [5.41, 5.74) is 1.46. The molecular weight excluding hydrogens is 764 g/mol. The monoisotopic (exact) mass is 780 g/mol. The molecule has 2 aromatic carbocycles. The van der Waals surface area contributed by atoms with Gasteiger partial charge >= 0.3 is 93.9 Å². The second-order valence-electron chi connectivity index (χ2n) is 5.51. The molecule has 3 rings (SSSR count). The Morgan fingerprint density at radius 2 is 1.56 bits per heavy atom. The molecule has 0 bridgehead atoms. The molecule has 0 spiro atoms. The van der Waals surface area contributed by atoms with E-state index in [1.54, 1.807) is 0 Å². The first-order chi connectivity index (χ1) is 12.7. The molecule has 1 heterocycles. The molecule has 0 aliphatic heterocycles. The predicted molar refractivity (Wildman–Crippen MR) is 113 cm³/mol. The first-order valence-corrected chi connectivity index (χ1v) is 10.7. The molecule has 27 heavy (non-hydrogen) atoms. The van der Waals surface area contributed by atoms with E-state index in [0.29, 0.717) is 6.54 Å². The first kappa shape index (κ1) is 22.8. The summed E-state index contributed by atoms with van der Waals surface area (Å²) in [6, 6.07) is 15.5. The van der Waals surface area contributed by atoms with Crippen LogP contribution in [0, 0.1) is 3.80 Å². The maximum absolute atomic E-state index is 12.2. The van der Waals surface area contributed by atoms with E-state index in [-0.39, 0.29) is 0 Å². The van der Waals surface area contributed by atoms with Crippen LogP contribution in [-0.2, 0) is 39.1 Å². The second kappa shape index (κ2) is 10.4. The first-order valence-electron chi connectivity index (χ1n) is 7.68. The fourth-order valence-corrected chi connectivity index (χ4v) is 3.58. The molecule has 0 atom stereocenters. The number of benzene rings is 2. The average Bonchev–Trinajstić information content (AvgIpc) is 2.95. The van der Waals surface area contributed by atoms with Gasteiger partial charge in [0.15, 0.2) is 0 Å². The van der Waals surface area contributed by atoms with Crippen molar-refractivity contribution in [3.63, 3.8) is 0 Å². The number of aromatic nitrogens is 2. The van der Waals surface area contributed by atoms with Crippen molar-refractivity contribution in [2.24, 2.45) is 7.05 Å². The molecule has 0 saturated heterocycles. The standard InChI is InChI=1S/C10H10N2.C8H6F3I2N.Pt/c1-11-7-8-12(9-11)10-5-3-2-4-6-10;9-8(10,11)7-3-1-6(2-4-7)5-14(12)13;/h2-8H,1H3;1-4H,5H2;. The van der Waals surface area contributed by atoms with E-state index in [1.165, 1.54) is 21.6 Å². The van der Waals surface area contributed by atoms with Crippen molar-refractivity contribution in [1.29, 1.82) is 0 Å². The van der Waals surface area contributed by atoms with Crippen molar-refractivity contribution >= 4 is 45.7 Å². The molecule has 0 amide bonds. The summed E-state index contributed by atoms with van der Waals surface area (Å²) in [5.74, 6) is 0. The van der Waals surface area contributed by atoms with Crippen molar-refractivity contribution < 1.29 is 32.5 Å². The third-order valence-electron chi connectivity index (χ3n) is 3.51. The van der Waals surface area contributed by atoms with Gasteiger partial charge in [0.05, 0.1) is 5.56 Å². The third kappa shape index (κ3) is 7.14. The molecule has 0 unspecified atom stereocenters. The van der Waals surface area contributed by atoms with Gasteiger partial charge in [-0.05, 0) is 17.7 Å². The summed E-state index contributed by atoms with van der Waals surface area (Å²) < 4.78 is 43.8. The van der Waals surface area contributed by atoms with Crippen molar-refractivity contribution in [3.8, 4) is 5.69 Å². The number of imidazole rings is 1. The number of hydrogen-bond donors (Lipinski definition) is 0. The maximum Gasteiger partial charge on any atom is 0.416 e. The topological polar surface area (TPSA) is 13.1 Å². The number of hydrogen-bond acceptors (Lipinski definition) is 1. The van der Waals surface area contributed by atoms with Crippen LogP contribution >= 0.6 is 45.7 Å². The summed E-state index contributed by atoms with van der Waals surface area (Å²) in [7, 11) is 2.04. The van der Waals surface area contributed by atoms with Crippen LogP contribution < -0.4 is 0 Å². The van der Waals surface area contributed by atoms with E-state index >= 15 is 0 Å². The largest absolute Gasteiger partial charge is 0.416 e. The van der Waals surface area contributed by atoms with E-state index in [2.05, 4.69) is 98.7 Å². The van der Waals surface area contributed by atoms with E-state index in [0.717, 1.165) is 17.7 Å². The van der Waals surface area contributed by atoms with Gasteiger partial charge in [-0.25, -0.2) is 0 Å². The Morgan fingerprint density at radius 3 is 2.00 bits per heavy atom. The Hall–Kier alpha value is -0.452. The van der Waals surface area contributed by atoms with Gasteiger partial charge in [-0.2, -0.15) is 14.5 Å². The Labute approximate surface area is 194 Å². The normalized spacial score (nSPS) is 11.3. The van der Waals surface area contributed by atoms with Gasteiger partial charge in [-0.1, -0.05) is 12.1 Å². The number of aryl methyl sites for hydroxylation is 1. The molecule has 148 valence electrons. The molecule has 9 heteroatoms. The molecule has 0 fully saturated rings. The van der Waals surface area contributed by atoms with Crippen LogP contribution in [0.3, 0.4) is 0 Å². The van der Waals surface area contributed by atoms with E-state index in [1.807, 2.05) is 26.6 Å². The van der Waals surface area contributed by atoms with Crippen LogP contribution in [0.25, 0.3) is 5.69 Å². The minimum Gasteiger partial charge on any atom is -0.184 e. The van der Waals surface area contributed by atoms with Gasteiger partial charge in [0, 0.05) is 52.3 Å². The van der Waals surface area contributed by atoms with Crippen LogP contribution in [0.2, 0.25) is 0 Å². The summed E-state index contributed by atoms with van der Waals surface area (Å²) in [5, 5.41) is 0. The van der Waals surface area contributed by atoms with Gasteiger partial charge < -0.3 is 0 Å². The number of para-hydroxylation sites is 1. The zero-order valence-electron chi connectivity index (χ0n) is 14.1. The molecule has 3 aromatic rings. The van der Waals surface area contributed by atoms with Crippen molar-refractivity contribution in [3.05, 3.63) is 81.9 Å². The second-order valence-corrected chi connectivity index (χ2v) is 10.7. The summed E-state index contributed by atoms with van der Waals surface area (Å²) >= 11 is 6.45. The third-order valence-corrected chi connectivity index (χ3v) is 5.54. The smallest absolute Gasteiger partial charge is 0.184 e. The fraction of sp³-hybridized carbons (Fsp3) is 0.167.